The molecule has 0 bridgehead atoms. The van der Waals surface area contributed by atoms with Gasteiger partial charge in [-0.25, -0.2) is 4.79 Å². The van der Waals surface area contributed by atoms with Gasteiger partial charge in [-0.1, -0.05) is 80.6 Å². The van der Waals surface area contributed by atoms with E-state index in [-0.39, 0.29) is 37.2 Å². The van der Waals surface area contributed by atoms with E-state index in [0.717, 1.165) is 0 Å². The van der Waals surface area contributed by atoms with Gasteiger partial charge >= 0.3 is 25.6 Å². The number of benzene rings is 2. The fourth-order valence-electron chi connectivity index (χ4n) is 4.58. The standard InChI is InChI=1S/C34H45N4O12P/c1-5-49-51(47,50-6-2)18-17-25(19-27(39)40)35-32(44)29(22(3)4)37-33(45)30(24-15-11-8-12-16-24)38-31(43)26(20-28(41)42)36-34(46)48-21-23-13-9-7-10-14-23/h7-17,22,26,29-30H,5-6,18-21H2,1-4H3,(H,35,44)(H,36,46)(H,37,45)(H,38,43)(H,39,40)(H,41,42)/b25-17+. The molecule has 0 spiro atoms. The number of rotatable bonds is 21. The lowest BCUT2D eigenvalue weighted by atomic mass is 10.0. The van der Waals surface area contributed by atoms with Gasteiger partial charge in [0.15, 0.2) is 0 Å². The van der Waals surface area contributed by atoms with Gasteiger partial charge in [-0.3, -0.25) is 28.5 Å². The van der Waals surface area contributed by atoms with E-state index in [4.69, 9.17) is 13.8 Å². The molecule has 0 radical (unpaired) electrons. The number of ether oxygens (including phenoxy) is 1. The summed E-state index contributed by atoms with van der Waals surface area (Å²) in [6.07, 6.45) is -1.67. The van der Waals surface area contributed by atoms with Crippen LogP contribution in [0.15, 0.2) is 72.4 Å². The smallest absolute Gasteiger partial charge is 0.408 e. The van der Waals surface area contributed by atoms with Gasteiger partial charge in [-0.15, -0.1) is 0 Å². The first-order chi connectivity index (χ1) is 24.2. The van der Waals surface area contributed by atoms with Crippen molar-refractivity contribution in [3.05, 3.63) is 83.6 Å². The van der Waals surface area contributed by atoms with Crippen LogP contribution in [0, 0.1) is 5.92 Å². The van der Waals surface area contributed by atoms with Gasteiger partial charge in [0.2, 0.25) is 17.7 Å². The van der Waals surface area contributed by atoms with Crippen molar-refractivity contribution >= 4 is 43.3 Å². The fourth-order valence-corrected chi connectivity index (χ4v) is 6.09. The molecule has 0 aromatic heterocycles. The summed E-state index contributed by atoms with van der Waals surface area (Å²) in [5, 5.41) is 28.6. The highest BCUT2D eigenvalue weighted by atomic mass is 31.2. The molecule has 16 nitrogen and oxygen atoms in total. The number of carboxylic acids is 2. The molecule has 0 fully saturated rings. The fraction of sp³-hybridized carbons (Fsp3) is 0.412. The summed E-state index contributed by atoms with van der Waals surface area (Å²) in [4.78, 5) is 76.4. The molecule has 0 saturated carbocycles. The Morgan fingerprint density at radius 3 is 1.90 bits per heavy atom. The summed E-state index contributed by atoms with van der Waals surface area (Å²) in [5.74, 6) is -5.98. The summed E-state index contributed by atoms with van der Waals surface area (Å²) >= 11 is 0. The van der Waals surface area contributed by atoms with Gasteiger partial charge in [-0.2, -0.15) is 0 Å². The van der Waals surface area contributed by atoms with Crippen LogP contribution in [0.4, 0.5) is 4.79 Å². The van der Waals surface area contributed by atoms with Gasteiger partial charge in [0.1, 0.15) is 24.7 Å². The Hall–Kier alpha value is -5.05. The molecule has 3 atom stereocenters. The highest BCUT2D eigenvalue weighted by Crippen LogP contribution is 2.48. The van der Waals surface area contributed by atoms with Crippen molar-refractivity contribution < 1.29 is 57.3 Å². The predicted molar refractivity (Wildman–Crippen MR) is 184 cm³/mol. The molecule has 2 rings (SSSR count). The quantitative estimate of drug-likeness (QED) is 0.101. The largest absolute Gasteiger partial charge is 0.481 e. The third-order valence-electron chi connectivity index (χ3n) is 6.97. The molecule has 3 unspecified atom stereocenters. The van der Waals surface area contributed by atoms with Crippen LogP contribution in [-0.4, -0.2) is 77.4 Å². The van der Waals surface area contributed by atoms with Crippen molar-refractivity contribution in [2.75, 3.05) is 19.4 Å². The molecular formula is C34H45N4O12P. The maximum Gasteiger partial charge on any atom is 0.408 e. The Morgan fingerprint density at radius 1 is 0.784 bits per heavy atom. The number of alkyl carbamates (subject to hydrolysis) is 1. The van der Waals surface area contributed by atoms with E-state index in [0.29, 0.717) is 5.56 Å². The van der Waals surface area contributed by atoms with E-state index >= 15 is 0 Å². The van der Waals surface area contributed by atoms with Crippen LogP contribution in [0.2, 0.25) is 0 Å². The van der Waals surface area contributed by atoms with E-state index in [2.05, 4.69) is 21.3 Å². The molecule has 4 amide bonds. The lowest BCUT2D eigenvalue weighted by Crippen LogP contribution is -2.55. The number of hydrogen-bond acceptors (Lipinski definition) is 10. The third kappa shape index (κ3) is 15.2. The number of carboxylic acid groups (broad SMARTS) is 2. The Balaban J connectivity index is 2.29. The molecule has 0 aliphatic carbocycles. The van der Waals surface area contributed by atoms with E-state index in [1.807, 2.05) is 0 Å². The number of amides is 4. The van der Waals surface area contributed by atoms with Crippen LogP contribution in [0.5, 0.6) is 0 Å². The van der Waals surface area contributed by atoms with Gasteiger partial charge in [0.25, 0.3) is 0 Å². The molecule has 6 N–H and O–H groups in total. The van der Waals surface area contributed by atoms with E-state index in [1.54, 1.807) is 76.2 Å². The van der Waals surface area contributed by atoms with E-state index in [1.165, 1.54) is 18.2 Å². The second kappa shape index (κ2) is 21.2. The minimum atomic E-state index is -3.63. The Kier molecular flexibility index (Phi) is 17.5. The summed E-state index contributed by atoms with van der Waals surface area (Å²) in [6, 6.07) is 12.1. The summed E-state index contributed by atoms with van der Waals surface area (Å²) in [7, 11) is -3.63. The van der Waals surface area contributed by atoms with Gasteiger partial charge < -0.3 is 45.3 Å². The number of nitrogens with one attached hydrogen (secondary N) is 4. The molecule has 2 aromatic rings. The number of allylic oxidation sites excluding steroid dienone is 1. The van der Waals surface area contributed by atoms with Crippen molar-refractivity contribution in [2.45, 2.75) is 65.3 Å². The van der Waals surface area contributed by atoms with Crippen molar-refractivity contribution in [2.24, 2.45) is 5.92 Å². The summed E-state index contributed by atoms with van der Waals surface area (Å²) in [5.41, 5.74) is 0.792. The first kappa shape index (κ1) is 42.1. The Labute approximate surface area is 295 Å². The summed E-state index contributed by atoms with van der Waals surface area (Å²) < 4.78 is 28.5. The van der Waals surface area contributed by atoms with Crippen LogP contribution < -0.4 is 21.3 Å². The average molecular weight is 733 g/mol. The predicted octanol–water partition coefficient (Wildman–Crippen LogP) is 3.50. The van der Waals surface area contributed by atoms with Crippen molar-refractivity contribution in [3.63, 3.8) is 0 Å². The van der Waals surface area contributed by atoms with Crippen LogP contribution in [0.3, 0.4) is 0 Å². The molecule has 0 aliphatic heterocycles. The van der Waals surface area contributed by atoms with E-state index < -0.39 is 80.2 Å². The molecule has 51 heavy (non-hydrogen) atoms. The highest BCUT2D eigenvalue weighted by molar-refractivity contribution is 7.54. The topological polar surface area (TPSA) is 236 Å². The third-order valence-corrected chi connectivity index (χ3v) is 8.90. The van der Waals surface area contributed by atoms with Gasteiger partial charge in [0.05, 0.1) is 32.2 Å². The second-order valence-electron chi connectivity index (χ2n) is 11.4. The molecular weight excluding hydrogens is 687 g/mol. The minimum absolute atomic E-state index is 0.0672. The molecule has 0 saturated heterocycles. The number of hydrogen-bond donors (Lipinski definition) is 6. The van der Waals surface area contributed by atoms with Crippen molar-refractivity contribution in [1.29, 1.82) is 0 Å². The minimum Gasteiger partial charge on any atom is -0.481 e. The monoisotopic (exact) mass is 732 g/mol. The first-order valence-electron chi connectivity index (χ1n) is 16.1. The summed E-state index contributed by atoms with van der Waals surface area (Å²) in [6.45, 7) is 6.45. The Morgan fingerprint density at radius 2 is 1.37 bits per heavy atom. The number of aliphatic carboxylic acids is 2. The zero-order valence-corrected chi connectivity index (χ0v) is 29.7. The van der Waals surface area contributed by atoms with Crippen LogP contribution in [0.1, 0.15) is 57.7 Å². The molecule has 0 heterocycles. The maximum atomic E-state index is 13.8. The molecule has 2 aromatic carbocycles. The van der Waals surface area contributed by atoms with Crippen LogP contribution in [0.25, 0.3) is 0 Å². The number of carbonyl (C=O) groups is 6. The van der Waals surface area contributed by atoms with Crippen LogP contribution >= 0.6 is 7.60 Å². The van der Waals surface area contributed by atoms with Crippen molar-refractivity contribution in [1.82, 2.24) is 21.3 Å². The molecule has 0 aliphatic rings. The highest BCUT2D eigenvalue weighted by Gasteiger charge is 2.33. The van der Waals surface area contributed by atoms with Gasteiger partial charge in [-0.05, 0) is 30.9 Å². The lowest BCUT2D eigenvalue weighted by Gasteiger charge is -2.27. The zero-order chi connectivity index (χ0) is 38.0. The average Bonchev–Trinajstić information content (AvgIpc) is 3.07. The first-order valence-corrected chi connectivity index (χ1v) is 17.8. The Bertz CT molecular complexity index is 1560. The molecule has 17 heteroatoms. The normalized spacial score (nSPS) is 13.3. The van der Waals surface area contributed by atoms with E-state index in [9.17, 15) is 43.5 Å². The zero-order valence-electron chi connectivity index (χ0n) is 28.8. The second-order valence-corrected chi connectivity index (χ2v) is 13.5. The lowest BCUT2D eigenvalue weighted by molar-refractivity contribution is -0.140. The van der Waals surface area contributed by atoms with Gasteiger partial charge in [0, 0.05) is 5.70 Å². The van der Waals surface area contributed by atoms with Crippen molar-refractivity contribution in [3.8, 4) is 0 Å². The maximum absolute atomic E-state index is 13.8. The van der Waals surface area contributed by atoms with Crippen LogP contribution in [-0.2, 0) is 48.9 Å². The molecule has 278 valence electrons. The SMILES string of the molecule is CCOP(=O)(C/C=C(\CC(=O)O)NC(=O)C(NC(=O)C(NC(=O)C(CC(=O)O)NC(=O)OCc1ccccc1)c1ccccc1)C(C)C)OCC. The number of carbonyl (C=O) groups excluding carboxylic acids is 4.